The molecule has 4 nitrogen and oxygen atoms in total. The van der Waals surface area contributed by atoms with Gasteiger partial charge in [0.15, 0.2) is 0 Å². The van der Waals surface area contributed by atoms with Crippen LogP contribution in [0.4, 0.5) is 0 Å². The maximum Gasteiger partial charge on any atom is 0.316 e. The van der Waals surface area contributed by atoms with Crippen LogP contribution in [0.1, 0.15) is 26.2 Å². The zero-order valence-electron chi connectivity index (χ0n) is 9.89. The highest BCUT2D eigenvalue weighted by Gasteiger charge is 2.45. The van der Waals surface area contributed by atoms with E-state index in [2.05, 4.69) is 12.6 Å². The van der Waals surface area contributed by atoms with Crippen LogP contribution in [-0.2, 0) is 14.3 Å². The number of carbonyl (C=O) groups is 2. The molecule has 0 aromatic heterocycles. The molecule has 0 heterocycles. The van der Waals surface area contributed by atoms with E-state index in [1.165, 1.54) is 0 Å². The van der Waals surface area contributed by atoms with Gasteiger partial charge in [-0.3, -0.25) is 9.59 Å². The van der Waals surface area contributed by atoms with Crippen LogP contribution < -0.4 is 0 Å². The molecule has 1 aliphatic carbocycles. The Morgan fingerprint density at radius 1 is 1.59 bits per heavy atom. The molecule has 2 unspecified atom stereocenters. The van der Waals surface area contributed by atoms with Gasteiger partial charge in [0.05, 0.1) is 17.9 Å². The van der Waals surface area contributed by atoms with E-state index in [0.29, 0.717) is 25.0 Å². The maximum absolute atomic E-state index is 11.9. The largest absolute Gasteiger partial charge is 0.481 e. The molecule has 0 radical (unpaired) electrons. The molecule has 0 spiro atoms. The Bertz CT molecular complexity index is 326. The smallest absolute Gasteiger partial charge is 0.316 e. The molecule has 0 saturated heterocycles. The lowest BCUT2D eigenvalue weighted by Crippen LogP contribution is -2.41. The number of thiol groups is 1. The second kappa shape index (κ2) is 6.10. The molecule has 0 bridgehead atoms. The molecule has 0 aromatic carbocycles. The molecule has 5 heteroatoms. The molecule has 1 rings (SSSR count). The highest BCUT2D eigenvalue weighted by molar-refractivity contribution is 7.80. The van der Waals surface area contributed by atoms with E-state index in [0.717, 1.165) is 0 Å². The lowest BCUT2D eigenvalue weighted by molar-refractivity contribution is -0.163. The normalized spacial score (nSPS) is 27.8. The minimum Gasteiger partial charge on any atom is -0.481 e. The highest BCUT2D eigenvalue weighted by atomic mass is 32.1. The summed E-state index contributed by atoms with van der Waals surface area (Å²) >= 11 is 4.02. The van der Waals surface area contributed by atoms with Crippen molar-refractivity contribution in [2.75, 3.05) is 12.4 Å². The number of carboxylic acids is 1. The number of ether oxygens (including phenoxy) is 1. The van der Waals surface area contributed by atoms with Crippen LogP contribution in [-0.4, -0.2) is 29.4 Å². The van der Waals surface area contributed by atoms with Crippen LogP contribution in [0.25, 0.3) is 0 Å². The predicted molar refractivity (Wildman–Crippen MR) is 67.0 cm³/mol. The number of carboxylic acid groups (broad SMARTS) is 1. The molecule has 1 aliphatic rings. The van der Waals surface area contributed by atoms with Crippen molar-refractivity contribution < 1.29 is 19.4 Å². The van der Waals surface area contributed by atoms with Crippen molar-refractivity contribution in [2.45, 2.75) is 26.2 Å². The number of carbonyl (C=O) groups excluding carboxylic acids is 1. The quantitative estimate of drug-likeness (QED) is 0.342. The van der Waals surface area contributed by atoms with Gasteiger partial charge in [-0.15, -0.1) is 0 Å². The minimum atomic E-state index is -1.04. The average molecular weight is 258 g/mol. The molecule has 17 heavy (non-hydrogen) atoms. The maximum atomic E-state index is 11.9. The molecule has 0 amide bonds. The summed E-state index contributed by atoms with van der Waals surface area (Å²) in [6, 6.07) is 0. The Balaban J connectivity index is 2.74. The fourth-order valence-electron chi connectivity index (χ4n) is 1.98. The van der Waals surface area contributed by atoms with Crippen molar-refractivity contribution in [3.8, 4) is 0 Å². The number of allylic oxidation sites excluding steroid dienone is 1. The molecule has 96 valence electrons. The standard InChI is InChI=1S/C12H18O4S/c1-12(11(15)16-7-4-8-17)6-3-2-5-9(12)10(13)14/h3,6,9,17H,2,4-5,7-8H2,1H3,(H,13,14). The van der Waals surface area contributed by atoms with E-state index in [9.17, 15) is 9.59 Å². The second-order valence-electron chi connectivity index (χ2n) is 4.37. The van der Waals surface area contributed by atoms with Crippen molar-refractivity contribution in [3.05, 3.63) is 12.2 Å². The molecule has 0 aliphatic heterocycles. The van der Waals surface area contributed by atoms with E-state index in [1.807, 2.05) is 6.08 Å². The summed E-state index contributed by atoms with van der Waals surface area (Å²) in [6.45, 7) is 1.92. The topological polar surface area (TPSA) is 63.6 Å². The van der Waals surface area contributed by atoms with Crippen molar-refractivity contribution in [3.63, 3.8) is 0 Å². The van der Waals surface area contributed by atoms with E-state index in [-0.39, 0.29) is 6.61 Å². The summed E-state index contributed by atoms with van der Waals surface area (Å²) < 4.78 is 5.10. The zero-order chi connectivity index (χ0) is 12.9. The van der Waals surface area contributed by atoms with Gasteiger partial charge in [-0.05, 0) is 31.9 Å². The molecule has 0 aromatic rings. The van der Waals surface area contributed by atoms with Crippen LogP contribution in [0.5, 0.6) is 0 Å². The number of hydrogen-bond acceptors (Lipinski definition) is 4. The third-order valence-corrected chi connectivity index (χ3v) is 3.40. The van der Waals surface area contributed by atoms with Gasteiger partial charge >= 0.3 is 11.9 Å². The highest BCUT2D eigenvalue weighted by Crippen LogP contribution is 2.37. The Morgan fingerprint density at radius 2 is 2.29 bits per heavy atom. The van der Waals surface area contributed by atoms with E-state index in [4.69, 9.17) is 9.84 Å². The van der Waals surface area contributed by atoms with Gasteiger partial charge in [-0.1, -0.05) is 12.2 Å². The summed E-state index contributed by atoms with van der Waals surface area (Å²) in [4.78, 5) is 23.1. The van der Waals surface area contributed by atoms with Gasteiger partial charge in [-0.25, -0.2) is 0 Å². The van der Waals surface area contributed by atoms with Crippen molar-refractivity contribution >= 4 is 24.6 Å². The summed E-state index contributed by atoms with van der Waals surface area (Å²) in [5.74, 6) is -1.45. The predicted octanol–water partition coefficient (Wildman–Crippen LogP) is 1.91. The fourth-order valence-corrected chi connectivity index (χ4v) is 2.11. The Hall–Kier alpha value is -0.970. The molecular weight excluding hydrogens is 240 g/mol. The first kappa shape index (κ1) is 14.1. The average Bonchev–Trinajstić information content (AvgIpc) is 2.29. The van der Waals surface area contributed by atoms with Crippen LogP contribution in [0.2, 0.25) is 0 Å². The van der Waals surface area contributed by atoms with Gasteiger partial charge < -0.3 is 9.84 Å². The van der Waals surface area contributed by atoms with Crippen molar-refractivity contribution in [1.29, 1.82) is 0 Å². The summed E-state index contributed by atoms with van der Waals surface area (Å²) in [6.07, 6.45) is 5.35. The molecule has 1 N–H and O–H groups in total. The summed E-state index contributed by atoms with van der Waals surface area (Å²) in [5.41, 5.74) is -1.04. The Morgan fingerprint density at radius 3 is 2.88 bits per heavy atom. The van der Waals surface area contributed by atoms with Gasteiger partial charge in [0.2, 0.25) is 0 Å². The summed E-state index contributed by atoms with van der Waals surface area (Å²) in [5, 5.41) is 9.14. The lowest BCUT2D eigenvalue weighted by Gasteiger charge is -2.32. The fraction of sp³-hybridized carbons (Fsp3) is 0.667. The van der Waals surface area contributed by atoms with E-state index in [1.54, 1.807) is 13.0 Å². The van der Waals surface area contributed by atoms with Gasteiger partial charge in [0.1, 0.15) is 0 Å². The number of hydrogen-bond donors (Lipinski definition) is 2. The van der Waals surface area contributed by atoms with Gasteiger partial charge in [0, 0.05) is 0 Å². The van der Waals surface area contributed by atoms with Crippen LogP contribution in [0.15, 0.2) is 12.2 Å². The number of esters is 1. The van der Waals surface area contributed by atoms with Crippen LogP contribution in [0, 0.1) is 11.3 Å². The molecular formula is C12H18O4S. The lowest BCUT2D eigenvalue weighted by atomic mass is 9.71. The molecule has 0 fully saturated rings. The third-order valence-electron chi connectivity index (χ3n) is 3.08. The van der Waals surface area contributed by atoms with Crippen molar-refractivity contribution in [1.82, 2.24) is 0 Å². The zero-order valence-corrected chi connectivity index (χ0v) is 10.8. The van der Waals surface area contributed by atoms with Gasteiger partial charge in [0.25, 0.3) is 0 Å². The first-order valence-corrected chi connectivity index (χ1v) is 6.34. The first-order valence-electron chi connectivity index (χ1n) is 5.71. The van der Waals surface area contributed by atoms with E-state index >= 15 is 0 Å². The summed E-state index contributed by atoms with van der Waals surface area (Å²) in [7, 11) is 0. The second-order valence-corrected chi connectivity index (χ2v) is 4.81. The minimum absolute atomic E-state index is 0.290. The molecule has 2 atom stereocenters. The Kier molecular flexibility index (Phi) is 5.05. The van der Waals surface area contributed by atoms with E-state index < -0.39 is 23.3 Å². The van der Waals surface area contributed by atoms with Crippen molar-refractivity contribution in [2.24, 2.45) is 11.3 Å². The first-order chi connectivity index (χ1) is 8.02. The SMILES string of the molecule is CC1(C(=O)OCCCS)C=CCCC1C(=O)O. The van der Waals surface area contributed by atoms with Crippen LogP contribution >= 0.6 is 12.6 Å². The van der Waals surface area contributed by atoms with Gasteiger partial charge in [-0.2, -0.15) is 12.6 Å². The Labute approximate surface area is 106 Å². The number of aliphatic carboxylic acids is 1. The van der Waals surface area contributed by atoms with Crippen LogP contribution in [0.3, 0.4) is 0 Å². The monoisotopic (exact) mass is 258 g/mol. The third kappa shape index (κ3) is 3.25. The number of rotatable bonds is 5. The molecule has 0 saturated carbocycles.